The summed E-state index contributed by atoms with van der Waals surface area (Å²) >= 11 is 0. The highest BCUT2D eigenvalue weighted by molar-refractivity contribution is 7.80. The average Bonchev–Trinajstić information content (AvgIpc) is 3.02. The molecule has 0 unspecified atom stereocenters. The number of urea groups is 1. The molecule has 0 aliphatic carbocycles. The molecule has 3 aliphatic rings. The molecule has 3 fully saturated rings. The van der Waals surface area contributed by atoms with Crippen LogP contribution in [-0.4, -0.2) is 64.8 Å². The maximum Gasteiger partial charge on any atom is 0.418 e. The Morgan fingerprint density at radius 2 is 2.12 bits per heavy atom. The standard InChI is InChI=1S/C12H17N5O6S/c18-12-16-6-8(17(12)23-24(19,20)21)1-2-9(16)11-15-14-10(22-11)3-7-4-13-5-7/h7-9,13H,1-6H2,(H,19,20,21)/t8-,9-/m1/s1. The maximum absolute atomic E-state index is 12.3. The number of nitrogens with one attached hydrogen (secondary N) is 1. The molecule has 2 atom stereocenters. The molecule has 1 aromatic rings. The van der Waals surface area contributed by atoms with Gasteiger partial charge in [-0.2, -0.15) is 13.5 Å². The summed E-state index contributed by atoms with van der Waals surface area (Å²) < 4.78 is 40.7. The van der Waals surface area contributed by atoms with Crippen molar-refractivity contribution in [3.05, 3.63) is 11.8 Å². The van der Waals surface area contributed by atoms with Crippen molar-refractivity contribution < 1.29 is 26.5 Å². The van der Waals surface area contributed by atoms with Crippen LogP contribution in [-0.2, 0) is 21.1 Å². The quantitative estimate of drug-likeness (QED) is 0.667. The molecule has 0 radical (unpaired) electrons. The van der Waals surface area contributed by atoms with Gasteiger partial charge in [0.05, 0.1) is 6.04 Å². The van der Waals surface area contributed by atoms with E-state index >= 15 is 0 Å². The molecular formula is C12H17N5O6S. The van der Waals surface area contributed by atoms with Crippen molar-refractivity contribution in [3.63, 3.8) is 0 Å². The molecule has 2 amide bonds. The molecule has 2 N–H and O–H groups in total. The first-order chi connectivity index (χ1) is 11.4. The van der Waals surface area contributed by atoms with Crippen LogP contribution < -0.4 is 5.32 Å². The Morgan fingerprint density at radius 1 is 1.33 bits per heavy atom. The van der Waals surface area contributed by atoms with Crippen molar-refractivity contribution in [1.82, 2.24) is 25.5 Å². The first-order valence-corrected chi connectivity index (χ1v) is 9.07. The zero-order valence-corrected chi connectivity index (χ0v) is 13.5. The van der Waals surface area contributed by atoms with E-state index in [2.05, 4.69) is 19.8 Å². The van der Waals surface area contributed by atoms with E-state index < -0.39 is 28.5 Å². The van der Waals surface area contributed by atoms with Crippen molar-refractivity contribution in [2.24, 2.45) is 5.92 Å². The van der Waals surface area contributed by atoms with Crippen LogP contribution in [0.15, 0.2) is 4.42 Å². The first-order valence-electron chi connectivity index (χ1n) is 7.70. The number of fused-ring (bicyclic) bond motifs is 2. The number of carbonyl (C=O) groups is 1. The lowest BCUT2D eigenvalue weighted by atomic mass is 10.00. The van der Waals surface area contributed by atoms with E-state index in [-0.39, 0.29) is 6.54 Å². The Bertz CT molecular complexity index is 747. The Labute approximate surface area is 137 Å². The lowest BCUT2D eigenvalue weighted by Crippen LogP contribution is -2.43. The summed E-state index contributed by atoms with van der Waals surface area (Å²) in [6, 6.07) is -1.48. The lowest BCUT2D eigenvalue weighted by molar-refractivity contribution is -0.0317. The molecule has 4 heterocycles. The molecule has 3 saturated heterocycles. The minimum atomic E-state index is -4.75. The molecule has 24 heavy (non-hydrogen) atoms. The minimum Gasteiger partial charge on any atom is -0.423 e. The second kappa shape index (κ2) is 5.65. The molecule has 3 aliphatic heterocycles. The Kier molecular flexibility index (Phi) is 3.71. The number of nitrogens with zero attached hydrogens (tertiary/aromatic N) is 4. The zero-order valence-electron chi connectivity index (χ0n) is 12.7. The van der Waals surface area contributed by atoms with Gasteiger partial charge in [0.1, 0.15) is 6.04 Å². The summed E-state index contributed by atoms with van der Waals surface area (Å²) in [6.45, 7) is 2.13. The van der Waals surface area contributed by atoms with Crippen LogP contribution in [0.1, 0.15) is 30.7 Å². The van der Waals surface area contributed by atoms with E-state index in [4.69, 9.17) is 8.97 Å². The van der Waals surface area contributed by atoms with Gasteiger partial charge in [0.2, 0.25) is 11.8 Å². The second-order valence-electron chi connectivity index (χ2n) is 6.27. The monoisotopic (exact) mass is 359 g/mol. The number of hydrogen-bond donors (Lipinski definition) is 2. The fourth-order valence-corrected chi connectivity index (χ4v) is 3.70. The number of aromatic nitrogens is 2. The predicted molar refractivity (Wildman–Crippen MR) is 76.7 cm³/mol. The van der Waals surface area contributed by atoms with Gasteiger partial charge in [-0.15, -0.1) is 14.5 Å². The summed E-state index contributed by atoms with van der Waals surface area (Å²) in [7, 11) is -4.75. The second-order valence-corrected chi connectivity index (χ2v) is 7.28. The molecule has 2 bridgehead atoms. The first kappa shape index (κ1) is 15.7. The van der Waals surface area contributed by atoms with Crippen LogP contribution in [0.4, 0.5) is 4.79 Å². The van der Waals surface area contributed by atoms with Gasteiger partial charge in [-0.05, 0) is 31.8 Å². The molecule has 0 saturated carbocycles. The minimum absolute atomic E-state index is 0.281. The molecule has 0 aromatic carbocycles. The van der Waals surface area contributed by atoms with Crippen molar-refractivity contribution in [1.29, 1.82) is 0 Å². The summed E-state index contributed by atoms with van der Waals surface area (Å²) in [4.78, 5) is 13.8. The van der Waals surface area contributed by atoms with E-state index in [9.17, 15) is 13.2 Å². The summed E-state index contributed by atoms with van der Waals surface area (Å²) in [5, 5.41) is 12.0. The number of hydroxylamine groups is 2. The third-order valence-corrected chi connectivity index (χ3v) is 4.94. The number of piperidine rings is 1. The van der Waals surface area contributed by atoms with E-state index in [0.29, 0.717) is 42.0 Å². The largest absolute Gasteiger partial charge is 0.423 e. The topological polar surface area (TPSA) is 138 Å². The van der Waals surface area contributed by atoms with Gasteiger partial charge in [-0.3, -0.25) is 4.55 Å². The molecule has 132 valence electrons. The highest BCUT2D eigenvalue weighted by atomic mass is 32.3. The van der Waals surface area contributed by atoms with Crippen LogP contribution in [0, 0.1) is 5.92 Å². The van der Waals surface area contributed by atoms with E-state index in [1.807, 2.05) is 0 Å². The predicted octanol–water partition coefficient (Wildman–Crippen LogP) is -0.493. The fraction of sp³-hybridized carbons (Fsp3) is 0.750. The van der Waals surface area contributed by atoms with Crippen molar-refractivity contribution in [3.8, 4) is 0 Å². The van der Waals surface area contributed by atoms with Gasteiger partial charge in [-0.25, -0.2) is 4.79 Å². The smallest absolute Gasteiger partial charge is 0.418 e. The number of amides is 2. The van der Waals surface area contributed by atoms with E-state index in [0.717, 1.165) is 13.1 Å². The Morgan fingerprint density at radius 3 is 2.79 bits per heavy atom. The normalized spacial score (nSPS) is 27.6. The fourth-order valence-electron chi connectivity index (χ4n) is 3.31. The SMILES string of the molecule is O=C1N2C[C@@H](CC[C@@H]2c2nnc(CC3CNC3)o2)N1OS(=O)(=O)O. The van der Waals surface area contributed by atoms with Gasteiger partial charge >= 0.3 is 16.4 Å². The molecule has 0 spiro atoms. The van der Waals surface area contributed by atoms with Crippen LogP contribution in [0.5, 0.6) is 0 Å². The van der Waals surface area contributed by atoms with Gasteiger partial charge < -0.3 is 14.6 Å². The summed E-state index contributed by atoms with van der Waals surface area (Å²) in [6.07, 6.45) is 1.75. The molecular weight excluding hydrogens is 342 g/mol. The molecule has 4 rings (SSSR count). The summed E-state index contributed by atoms with van der Waals surface area (Å²) in [5.41, 5.74) is 0. The number of hydrogen-bond acceptors (Lipinski definition) is 8. The summed E-state index contributed by atoms with van der Waals surface area (Å²) in [5.74, 6) is 1.37. The van der Waals surface area contributed by atoms with Crippen LogP contribution >= 0.6 is 0 Å². The van der Waals surface area contributed by atoms with Crippen molar-refractivity contribution in [2.75, 3.05) is 19.6 Å². The highest BCUT2D eigenvalue weighted by Crippen LogP contribution is 2.38. The van der Waals surface area contributed by atoms with Gasteiger partial charge in [0, 0.05) is 13.0 Å². The number of rotatable bonds is 5. The van der Waals surface area contributed by atoms with E-state index in [1.54, 1.807) is 0 Å². The van der Waals surface area contributed by atoms with E-state index in [1.165, 1.54) is 4.90 Å². The van der Waals surface area contributed by atoms with Gasteiger partial charge in [0.15, 0.2) is 0 Å². The maximum atomic E-state index is 12.3. The molecule has 1 aromatic heterocycles. The number of carbonyl (C=O) groups excluding carboxylic acids is 1. The van der Waals surface area contributed by atoms with Gasteiger partial charge in [0.25, 0.3) is 0 Å². The third-order valence-electron chi connectivity index (χ3n) is 4.59. The highest BCUT2D eigenvalue weighted by Gasteiger charge is 2.49. The third kappa shape index (κ3) is 2.85. The van der Waals surface area contributed by atoms with Gasteiger partial charge in [-0.1, -0.05) is 0 Å². The van der Waals surface area contributed by atoms with Crippen LogP contribution in [0.3, 0.4) is 0 Å². The lowest BCUT2D eigenvalue weighted by Gasteiger charge is -2.27. The Balaban J connectivity index is 1.48. The van der Waals surface area contributed by atoms with Crippen molar-refractivity contribution >= 4 is 16.4 Å². The molecule has 11 nitrogen and oxygen atoms in total. The molecule has 12 heteroatoms. The van der Waals surface area contributed by atoms with Crippen LogP contribution in [0.2, 0.25) is 0 Å². The zero-order chi connectivity index (χ0) is 16.9. The van der Waals surface area contributed by atoms with Crippen molar-refractivity contribution in [2.45, 2.75) is 31.3 Å². The van der Waals surface area contributed by atoms with Crippen LogP contribution in [0.25, 0.3) is 0 Å². The Hall–Kier alpha value is -1.76. The average molecular weight is 359 g/mol.